The number of hydrogen-bond donors (Lipinski definition) is 3. The molecule has 42 heavy (non-hydrogen) atoms. The second kappa shape index (κ2) is 18.7. The SMILES string of the molecule is CC.CC(C)CCNC=O.CC1=CC=CC2=Cc3cccc(C)c3NC12.COc1cc([N+](=O)[O-])ccc1COC(N)=O. The number of hydrogen-bond acceptors (Lipinski definition) is 7. The maximum absolute atomic E-state index is 10.5. The second-order valence-electron chi connectivity index (χ2n) is 9.65. The average Bonchev–Trinajstić information content (AvgIpc) is 2.97. The standard InChI is InChI=1S/C15H15N.C9H10N2O5.C6H13NO.C2H6/c1-10-5-3-7-12-9-13-8-4-6-11(2)15(13)16-14(10)12;1-15-8-4-7(11(13)14)3-2-6(8)5-16-9(10)12;1-6(2)3-4-7-5-8;1-2/h3-9,14,16H,1-2H3;2-4H,5H2,1H3,(H2,10,12);5-6H,3-4H2,1-2H3,(H,7,8);1-2H3. The summed E-state index contributed by atoms with van der Waals surface area (Å²) in [5.74, 6) is 0.956. The molecule has 2 aromatic rings. The molecule has 0 saturated heterocycles. The van der Waals surface area contributed by atoms with E-state index in [4.69, 9.17) is 10.5 Å². The van der Waals surface area contributed by atoms with Crippen LogP contribution < -0.4 is 21.1 Å². The highest BCUT2D eigenvalue weighted by atomic mass is 16.6. The highest BCUT2D eigenvalue weighted by molar-refractivity contribution is 5.79. The molecule has 0 aromatic heterocycles. The number of aryl methyl sites for hydroxylation is 1. The molecule has 10 heteroatoms. The number of non-ortho nitro benzene ring substituents is 1. The van der Waals surface area contributed by atoms with Crippen molar-refractivity contribution in [1.29, 1.82) is 0 Å². The van der Waals surface area contributed by atoms with Gasteiger partial charge in [-0.25, -0.2) is 4.79 Å². The Morgan fingerprint density at radius 1 is 1.21 bits per heavy atom. The van der Waals surface area contributed by atoms with Crippen molar-refractivity contribution in [2.45, 2.75) is 60.6 Å². The van der Waals surface area contributed by atoms with E-state index in [1.165, 1.54) is 53.3 Å². The minimum absolute atomic E-state index is 0.0868. The van der Waals surface area contributed by atoms with Crippen LogP contribution in [0.3, 0.4) is 0 Å². The topological polar surface area (TPSA) is 146 Å². The van der Waals surface area contributed by atoms with Gasteiger partial charge in [-0.2, -0.15) is 0 Å². The zero-order valence-electron chi connectivity index (χ0n) is 25.6. The first-order valence-corrected chi connectivity index (χ1v) is 13.9. The Bertz CT molecular complexity index is 1280. The van der Waals surface area contributed by atoms with Gasteiger partial charge in [-0.1, -0.05) is 64.1 Å². The van der Waals surface area contributed by atoms with Gasteiger partial charge in [0.25, 0.3) is 5.69 Å². The van der Waals surface area contributed by atoms with Gasteiger partial charge in [0.05, 0.1) is 24.1 Å². The average molecular weight is 581 g/mol. The van der Waals surface area contributed by atoms with E-state index in [2.05, 4.69) is 85.6 Å². The summed E-state index contributed by atoms with van der Waals surface area (Å²) in [6.07, 6.45) is 9.67. The summed E-state index contributed by atoms with van der Waals surface area (Å²) in [4.78, 5) is 30.0. The van der Waals surface area contributed by atoms with Crippen LogP contribution in [0.25, 0.3) is 6.08 Å². The first-order valence-electron chi connectivity index (χ1n) is 13.9. The Morgan fingerprint density at radius 2 is 1.93 bits per heavy atom. The fourth-order valence-corrected chi connectivity index (χ4v) is 3.97. The smallest absolute Gasteiger partial charge is 0.404 e. The number of nitro groups is 1. The lowest BCUT2D eigenvalue weighted by molar-refractivity contribution is -0.384. The molecule has 4 rings (SSSR count). The number of fused-ring (bicyclic) bond motifs is 2. The van der Waals surface area contributed by atoms with Gasteiger partial charge in [-0.3, -0.25) is 14.9 Å². The second-order valence-corrected chi connectivity index (χ2v) is 9.65. The molecule has 10 nitrogen and oxygen atoms in total. The number of benzene rings is 2. The molecule has 0 bridgehead atoms. The van der Waals surface area contributed by atoms with Crippen LogP contribution in [0, 0.1) is 23.0 Å². The Hall–Kier alpha value is -4.60. The number of ether oxygens (including phenoxy) is 2. The van der Waals surface area contributed by atoms with E-state index in [-0.39, 0.29) is 18.0 Å². The van der Waals surface area contributed by atoms with Crippen molar-refractivity contribution in [1.82, 2.24) is 5.32 Å². The number of nitrogens with two attached hydrogens (primary N) is 1. The van der Waals surface area contributed by atoms with Crippen LogP contribution in [0.4, 0.5) is 16.2 Å². The predicted molar refractivity (Wildman–Crippen MR) is 168 cm³/mol. The molecule has 0 fully saturated rings. The van der Waals surface area contributed by atoms with Crippen molar-refractivity contribution < 1.29 is 24.0 Å². The Labute approximate surface area is 248 Å². The summed E-state index contributed by atoms with van der Waals surface area (Å²) in [6, 6.07) is 10.8. The van der Waals surface area contributed by atoms with E-state index >= 15 is 0 Å². The Kier molecular flexibility index (Phi) is 15.8. The van der Waals surface area contributed by atoms with Gasteiger partial charge in [-0.15, -0.1) is 0 Å². The van der Waals surface area contributed by atoms with Gasteiger partial charge in [-0.05, 0) is 60.6 Å². The molecule has 0 spiro atoms. The van der Waals surface area contributed by atoms with Gasteiger partial charge in [0.2, 0.25) is 6.41 Å². The summed E-state index contributed by atoms with van der Waals surface area (Å²) in [7, 11) is 1.37. The third kappa shape index (κ3) is 11.5. The first-order chi connectivity index (χ1) is 20.1. The maximum Gasteiger partial charge on any atom is 0.404 e. The summed E-state index contributed by atoms with van der Waals surface area (Å²) in [5.41, 5.74) is 11.8. The number of methoxy groups -OCH3 is 1. The molecular formula is C32H44N4O6. The number of anilines is 1. The van der Waals surface area contributed by atoms with E-state index in [1.54, 1.807) is 0 Å². The van der Waals surface area contributed by atoms with E-state index in [1.807, 2.05) is 13.8 Å². The van der Waals surface area contributed by atoms with Crippen LogP contribution >= 0.6 is 0 Å². The van der Waals surface area contributed by atoms with Gasteiger partial charge in [0.15, 0.2) is 0 Å². The Morgan fingerprint density at radius 3 is 2.52 bits per heavy atom. The van der Waals surface area contributed by atoms with Crippen LogP contribution in [-0.4, -0.2) is 37.1 Å². The van der Waals surface area contributed by atoms with Crippen molar-refractivity contribution in [2.75, 3.05) is 19.0 Å². The molecule has 2 amide bonds. The predicted octanol–water partition coefficient (Wildman–Crippen LogP) is 6.69. The molecule has 2 aromatic carbocycles. The van der Waals surface area contributed by atoms with E-state index < -0.39 is 11.0 Å². The molecule has 1 unspecified atom stereocenters. The van der Waals surface area contributed by atoms with E-state index in [0.717, 1.165) is 19.4 Å². The third-order valence-electron chi connectivity index (χ3n) is 6.15. The summed E-state index contributed by atoms with van der Waals surface area (Å²) >= 11 is 0. The Balaban J connectivity index is 0.000000323. The lowest BCUT2D eigenvalue weighted by Gasteiger charge is -2.30. The molecule has 1 aliphatic carbocycles. The molecule has 0 saturated carbocycles. The molecule has 1 aliphatic heterocycles. The molecule has 1 heterocycles. The largest absolute Gasteiger partial charge is 0.496 e. The minimum atomic E-state index is -0.916. The van der Waals surface area contributed by atoms with Crippen LogP contribution in [0.15, 0.2) is 65.8 Å². The van der Waals surface area contributed by atoms with Crippen molar-refractivity contribution in [2.24, 2.45) is 11.7 Å². The molecular weight excluding hydrogens is 536 g/mol. The van der Waals surface area contributed by atoms with Crippen LogP contribution in [0.5, 0.6) is 5.75 Å². The van der Waals surface area contributed by atoms with Gasteiger partial charge in [0, 0.05) is 23.9 Å². The molecule has 228 valence electrons. The number of allylic oxidation sites excluding steroid dienone is 2. The number of para-hydroxylation sites is 1. The lowest BCUT2D eigenvalue weighted by Crippen LogP contribution is -2.27. The van der Waals surface area contributed by atoms with Crippen LogP contribution in [0.2, 0.25) is 0 Å². The lowest BCUT2D eigenvalue weighted by atomic mass is 9.88. The summed E-state index contributed by atoms with van der Waals surface area (Å²) in [5, 5.41) is 16.7. The third-order valence-corrected chi connectivity index (χ3v) is 6.15. The number of amides is 2. The van der Waals surface area contributed by atoms with Crippen LogP contribution in [-0.2, 0) is 16.1 Å². The number of rotatable bonds is 8. The number of primary amides is 1. The van der Waals surface area contributed by atoms with Crippen molar-refractivity contribution in [3.63, 3.8) is 0 Å². The monoisotopic (exact) mass is 580 g/mol. The number of nitrogens with zero attached hydrogens (tertiary/aromatic N) is 1. The highest BCUT2D eigenvalue weighted by Crippen LogP contribution is 2.34. The summed E-state index contributed by atoms with van der Waals surface area (Å²) < 4.78 is 9.49. The van der Waals surface area contributed by atoms with Crippen LogP contribution in [0.1, 0.15) is 57.7 Å². The number of nitro benzene ring substituents is 1. The zero-order valence-corrected chi connectivity index (χ0v) is 25.6. The normalized spacial score (nSPS) is 13.8. The minimum Gasteiger partial charge on any atom is -0.496 e. The molecule has 1 atom stereocenters. The first kappa shape index (κ1) is 35.4. The van der Waals surface area contributed by atoms with Crippen molar-refractivity contribution in [3.05, 3.63) is 92.6 Å². The molecule has 0 radical (unpaired) electrons. The quantitative estimate of drug-likeness (QED) is 0.136. The fourth-order valence-electron chi connectivity index (χ4n) is 3.97. The van der Waals surface area contributed by atoms with Gasteiger partial charge in [0.1, 0.15) is 12.4 Å². The highest BCUT2D eigenvalue weighted by Gasteiger charge is 2.22. The number of nitrogens with one attached hydrogen (secondary N) is 2. The van der Waals surface area contributed by atoms with Crippen molar-refractivity contribution in [3.8, 4) is 5.75 Å². The molecule has 2 aliphatic rings. The zero-order chi connectivity index (χ0) is 31.7. The maximum atomic E-state index is 10.5. The van der Waals surface area contributed by atoms with Gasteiger partial charge < -0.3 is 25.8 Å². The van der Waals surface area contributed by atoms with Gasteiger partial charge >= 0.3 is 6.09 Å². The van der Waals surface area contributed by atoms with E-state index in [0.29, 0.717) is 17.5 Å². The number of carbonyl (C=O) groups excluding carboxylic acids is 2. The van der Waals surface area contributed by atoms with E-state index in [9.17, 15) is 19.7 Å². The summed E-state index contributed by atoms with van der Waals surface area (Å²) in [6.45, 7) is 13.3. The van der Waals surface area contributed by atoms with Crippen molar-refractivity contribution >= 4 is 30.0 Å². The number of carbonyl (C=O) groups is 2. The fraction of sp³-hybridized carbons (Fsp3) is 0.375. The molecule has 4 N–H and O–H groups in total.